The Morgan fingerprint density at radius 1 is 1.14 bits per heavy atom. The van der Waals surface area contributed by atoms with Crippen molar-refractivity contribution in [3.63, 3.8) is 0 Å². The summed E-state index contributed by atoms with van der Waals surface area (Å²) in [5.41, 5.74) is 9.09. The summed E-state index contributed by atoms with van der Waals surface area (Å²) in [6, 6.07) is 11.8. The minimum absolute atomic E-state index is 0.706. The first kappa shape index (κ1) is 16.1. The molecule has 0 amide bonds. The van der Waals surface area contributed by atoms with E-state index in [0.717, 1.165) is 33.5 Å². The molecule has 0 aliphatic rings. The minimum atomic E-state index is 0.706. The van der Waals surface area contributed by atoms with Crippen LogP contribution in [0.2, 0.25) is 5.02 Å². The van der Waals surface area contributed by atoms with Crippen molar-refractivity contribution in [2.24, 2.45) is 0 Å². The highest BCUT2D eigenvalue weighted by atomic mass is 35.5. The summed E-state index contributed by atoms with van der Waals surface area (Å²) >= 11 is 7.69. The van der Waals surface area contributed by atoms with Gasteiger partial charge in [0.2, 0.25) is 0 Å². The molecule has 0 aliphatic carbocycles. The zero-order valence-electron chi connectivity index (χ0n) is 12.4. The Kier molecular flexibility index (Phi) is 5.83. The van der Waals surface area contributed by atoms with Crippen LogP contribution in [0.25, 0.3) is 0 Å². The lowest BCUT2D eigenvalue weighted by atomic mass is 10.1. The second kappa shape index (κ2) is 7.62. The van der Waals surface area contributed by atoms with Crippen molar-refractivity contribution in [3.05, 3.63) is 52.5 Å². The highest BCUT2D eigenvalue weighted by molar-refractivity contribution is 7.99. The number of thioether (sulfide) groups is 1. The number of nitrogens with two attached hydrogens (primary N) is 1. The van der Waals surface area contributed by atoms with Crippen LogP contribution in [-0.4, -0.2) is 12.4 Å². The molecule has 0 aliphatic heterocycles. The number of ether oxygens (including phenoxy) is 1. The standard InChI is InChI=1S/C17H20ClNOS/c1-12-4-5-13(2)16(10-12)20-8-3-9-21-17-11-14(18)6-7-15(17)19/h4-7,10-11H,3,8-9,19H2,1-2H3. The van der Waals surface area contributed by atoms with Gasteiger partial charge in [0.05, 0.1) is 6.61 Å². The molecule has 112 valence electrons. The zero-order valence-corrected chi connectivity index (χ0v) is 13.9. The average molecular weight is 322 g/mol. The highest BCUT2D eigenvalue weighted by Crippen LogP contribution is 2.28. The Morgan fingerprint density at radius 2 is 1.95 bits per heavy atom. The average Bonchev–Trinajstić information content (AvgIpc) is 2.45. The second-order valence-corrected chi connectivity index (χ2v) is 6.57. The van der Waals surface area contributed by atoms with E-state index in [0.29, 0.717) is 6.61 Å². The molecule has 0 unspecified atom stereocenters. The molecule has 4 heteroatoms. The van der Waals surface area contributed by atoms with Gasteiger partial charge in [-0.25, -0.2) is 0 Å². The molecule has 0 heterocycles. The third kappa shape index (κ3) is 4.87. The smallest absolute Gasteiger partial charge is 0.122 e. The van der Waals surface area contributed by atoms with Gasteiger partial charge in [-0.3, -0.25) is 0 Å². The normalized spacial score (nSPS) is 10.6. The summed E-state index contributed by atoms with van der Waals surface area (Å²) in [5.74, 6) is 1.93. The first-order valence-electron chi connectivity index (χ1n) is 6.94. The van der Waals surface area contributed by atoms with Crippen molar-refractivity contribution in [2.75, 3.05) is 18.1 Å². The van der Waals surface area contributed by atoms with Crippen LogP contribution in [0.3, 0.4) is 0 Å². The number of benzene rings is 2. The molecular weight excluding hydrogens is 302 g/mol. The Hall–Kier alpha value is -1.32. The Balaban J connectivity index is 1.77. The molecule has 0 radical (unpaired) electrons. The molecular formula is C17H20ClNOS. The molecule has 0 spiro atoms. The lowest BCUT2D eigenvalue weighted by molar-refractivity contribution is 0.316. The maximum atomic E-state index is 5.98. The van der Waals surface area contributed by atoms with Crippen molar-refractivity contribution in [2.45, 2.75) is 25.2 Å². The van der Waals surface area contributed by atoms with Crippen molar-refractivity contribution < 1.29 is 4.74 Å². The summed E-state index contributed by atoms with van der Waals surface area (Å²) in [6.07, 6.45) is 0.962. The van der Waals surface area contributed by atoms with Gasteiger partial charge in [-0.2, -0.15) is 0 Å². The van der Waals surface area contributed by atoms with Crippen LogP contribution >= 0.6 is 23.4 Å². The van der Waals surface area contributed by atoms with E-state index in [2.05, 4.69) is 32.0 Å². The first-order valence-corrected chi connectivity index (χ1v) is 8.30. The maximum Gasteiger partial charge on any atom is 0.122 e. The lowest BCUT2D eigenvalue weighted by Gasteiger charge is -2.10. The fraction of sp³-hybridized carbons (Fsp3) is 0.294. The van der Waals surface area contributed by atoms with Crippen LogP contribution in [0.4, 0.5) is 5.69 Å². The van der Waals surface area contributed by atoms with Crippen LogP contribution in [0.1, 0.15) is 17.5 Å². The molecule has 0 saturated carbocycles. The van der Waals surface area contributed by atoms with Gasteiger partial charge in [0.1, 0.15) is 5.75 Å². The first-order chi connectivity index (χ1) is 10.1. The quantitative estimate of drug-likeness (QED) is 0.456. The third-order valence-electron chi connectivity index (χ3n) is 3.12. The molecule has 0 saturated heterocycles. The van der Waals surface area contributed by atoms with Crippen LogP contribution in [-0.2, 0) is 0 Å². The highest BCUT2D eigenvalue weighted by Gasteiger charge is 2.02. The van der Waals surface area contributed by atoms with E-state index in [1.54, 1.807) is 11.8 Å². The summed E-state index contributed by atoms with van der Waals surface area (Å²) in [5, 5.41) is 0.721. The fourth-order valence-electron chi connectivity index (χ4n) is 1.92. The van der Waals surface area contributed by atoms with Crippen molar-refractivity contribution in [3.8, 4) is 5.75 Å². The third-order valence-corrected chi connectivity index (χ3v) is 4.52. The number of halogens is 1. The van der Waals surface area contributed by atoms with Gasteiger partial charge in [0.25, 0.3) is 0 Å². The van der Waals surface area contributed by atoms with Gasteiger partial charge < -0.3 is 10.5 Å². The van der Waals surface area contributed by atoms with E-state index >= 15 is 0 Å². The summed E-state index contributed by atoms with van der Waals surface area (Å²) in [6.45, 7) is 4.85. The van der Waals surface area contributed by atoms with E-state index in [4.69, 9.17) is 22.1 Å². The van der Waals surface area contributed by atoms with Gasteiger partial charge in [-0.05, 0) is 55.7 Å². The topological polar surface area (TPSA) is 35.2 Å². The summed E-state index contributed by atoms with van der Waals surface area (Å²) < 4.78 is 5.84. The number of aryl methyl sites for hydroxylation is 2. The van der Waals surface area contributed by atoms with Gasteiger partial charge in [-0.15, -0.1) is 11.8 Å². The second-order valence-electron chi connectivity index (χ2n) is 5.00. The number of hydrogen-bond donors (Lipinski definition) is 1. The number of hydrogen-bond acceptors (Lipinski definition) is 3. The number of rotatable bonds is 6. The van der Waals surface area contributed by atoms with Crippen molar-refractivity contribution >= 4 is 29.1 Å². The predicted molar refractivity (Wildman–Crippen MR) is 92.6 cm³/mol. The van der Waals surface area contributed by atoms with E-state index in [1.807, 2.05) is 18.2 Å². The summed E-state index contributed by atoms with van der Waals surface area (Å²) in [4.78, 5) is 1.04. The molecule has 2 nitrogen and oxygen atoms in total. The fourth-order valence-corrected chi connectivity index (χ4v) is 3.08. The van der Waals surface area contributed by atoms with Crippen LogP contribution in [0.15, 0.2) is 41.3 Å². The molecule has 2 rings (SSSR count). The van der Waals surface area contributed by atoms with E-state index in [-0.39, 0.29) is 0 Å². The zero-order chi connectivity index (χ0) is 15.2. The van der Waals surface area contributed by atoms with E-state index in [1.165, 1.54) is 11.1 Å². The van der Waals surface area contributed by atoms with Gasteiger partial charge >= 0.3 is 0 Å². The Morgan fingerprint density at radius 3 is 2.76 bits per heavy atom. The monoisotopic (exact) mass is 321 g/mol. The van der Waals surface area contributed by atoms with Crippen LogP contribution in [0, 0.1) is 13.8 Å². The van der Waals surface area contributed by atoms with Gasteiger partial charge in [0.15, 0.2) is 0 Å². The lowest BCUT2D eigenvalue weighted by Crippen LogP contribution is -2.00. The minimum Gasteiger partial charge on any atom is -0.493 e. The molecule has 0 atom stereocenters. The molecule has 0 bridgehead atoms. The van der Waals surface area contributed by atoms with Crippen LogP contribution < -0.4 is 10.5 Å². The molecule has 2 aromatic carbocycles. The Labute approximate surface area is 135 Å². The van der Waals surface area contributed by atoms with Gasteiger partial charge in [0, 0.05) is 21.4 Å². The van der Waals surface area contributed by atoms with Crippen molar-refractivity contribution in [1.29, 1.82) is 0 Å². The van der Waals surface area contributed by atoms with Gasteiger partial charge in [-0.1, -0.05) is 23.7 Å². The van der Waals surface area contributed by atoms with Crippen molar-refractivity contribution in [1.82, 2.24) is 0 Å². The Bertz CT molecular complexity index is 562. The molecule has 0 aromatic heterocycles. The largest absolute Gasteiger partial charge is 0.493 e. The molecule has 21 heavy (non-hydrogen) atoms. The molecule has 2 N–H and O–H groups in total. The number of nitrogen functional groups attached to an aromatic ring is 1. The van der Waals surface area contributed by atoms with Crippen LogP contribution in [0.5, 0.6) is 5.75 Å². The van der Waals surface area contributed by atoms with E-state index in [9.17, 15) is 0 Å². The summed E-state index contributed by atoms with van der Waals surface area (Å²) in [7, 11) is 0. The van der Waals surface area contributed by atoms with E-state index < -0.39 is 0 Å². The molecule has 2 aromatic rings. The predicted octanol–water partition coefficient (Wildman–Crippen LogP) is 5.10. The SMILES string of the molecule is Cc1ccc(C)c(OCCCSc2cc(Cl)ccc2N)c1. The molecule has 0 fully saturated rings. The number of anilines is 1. The maximum absolute atomic E-state index is 5.98.